The van der Waals surface area contributed by atoms with E-state index in [0.717, 1.165) is 0 Å². The van der Waals surface area contributed by atoms with Crippen molar-refractivity contribution in [3.8, 4) is 6.07 Å². The van der Waals surface area contributed by atoms with Crippen LogP contribution in [0, 0.1) is 25.2 Å². The third-order valence-electron chi connectivity index (χ3n) is 3.05. The van der Waals surface area contributed by atoms with Gasteiger partial charge in [0.2, 0.25) is 10.0 Å². The Morgan fingerprint density at radius 1 is 1.45 bits per heavy atom. The number of hydrogen-bond acceptors (Lipinski definition) is 4. The van der Waals surface area contributed by atoms with Crippen molar-refractivity contribution in [3.63, 3.8) is 0 Å². The number of aryl methyl sites for hydroxylation is 1. The first-order valence-electron chi connectivity index (χ1n) is 5.98. The van der Waals surface area contributed by atoms with Crippen LogP contribution in [-0.2, 0) is 10.0 Å². The molecular formula is C13H16N2O4S. The molecule has 6 nitrogen and oxygen atoms in total. The first kappa shape index (κ1) is 16.0. The minimum atomic E-state index is -3.85. The number of benzene rings is 1. The lowest BCUT2D eigenvalue weighted by Crippen LogP contribution is -2.26. The molecular weight excluding hydrogens is 280 g/mol. The van der Waals surface area contributed by atoms with Crippen LogP contribution in [0.4, 0.5) is 5.69 Å². The number of nitrogens with zero attached hydrogens (tertiary/aromatic N) is 1. The first-order chi connectivity index (χ1) is 9.22. The zero-order chi connectivity index (χ0) is 15.5. The molecule has 0 aliphatic heterocycles. The van der Waals surface area contributed by atoms with Gasteiger partial charge >= 0.3 is 5.97 Å². The van der Waals surface area contributed by atoms with Gasteiger partial charge in [0, 0.05) is 5.69 Å². The molecule has 0 saturated carbocycles. The lowest BCUT2D eigenvalue weighted by Gasteiger charge is -2.14. The molecule has 0 amide bonds. The Hall–Kier alpha value is -2.07. The fraction of sp³-hybridized carbons (Fsp3) is 0.385. The van der Waals surface area contributed by atoms with Gasteiger partial charge in [0.15, 0.2) is 5.25 Å². The Labute approximate surface area is 118 Å². The number of carboxylic acid groups (broad SMARTS) is 1. The van der Waals surface area contributed by atoms with E-state index in [9.17, 15) is 13.2 Å². The molecule has 0 heterocycles. The van der Waals surface area contributed by atoms with Crippen LogP contribution in [-0.4, -0.2) is 24.7 Å². The van der Waals surface area contributed by atoms with E-state index in [-0.39, 0.29) is 17.7 Å². The molecule has 0 bridgehead atoms. The van der Waals surface area contributed by atoms with E-state index in [1.807, 2.05) is 0 Å². The molecule has 1 aromatic carbocycles. The lowest BCUT2D eigenvalue weighted by atomic mass is 10.0. The van der Waals surface area contributed by atoms with Crippen LogP contribution in [0.2, 0.25) is 0 Å². The van der Waals surface area contributed by atoms with Gasteiger partial charge in [-0.3, -0.25) is 4.72 Å². The summed E-state index contributed by atoms with van der Waals surface area (Å²) in [7, 11) is -3.85. The van der Waals surface area contributed by atoms with E-state index >= 15 is 0 Å². The second-order valence-corrected chi connectivity index (χ2v) is 6.31. The summed E-state index contributed by atoms with van der Waals surface area (Å²) >= 11 is 0. The average molecular weight is 296 g/mol. The molecule has 7 heteroatoms. The number of hydrogen-bond donors (Lipinski definition) is 2. The van der Waals surface area contributed by atoms with Crippen molar-refractivity contribution in [2.75, 3.05) is 4.72 Å². The summed E-state index contributed by atoms with van der Waals surface area (Å²) in [4.78, 5) is 11.1. The quantitative estimate of drug-likeness (QED) is 0.864. The molecule has 1 atom stereocenters. The van der Waals surface area contributed by atoms with Gasteiger partial charge in [-0.25, -0.2) is 13.2 Å². The summed E-state index contributed by atoms with van der Waals surface area (Å²) in [5, 5.41) is 16.7. The van der Waals surface area contributed by atoms with Crippen molar-refractivity contribution in [1.82, 2.24) is 0 Å². The number of sulfonamides is 1. The smallest absolute Gasteiger partial charge is 0.336 e. The average Bonchev–Trinajstić information content (AvgIpc) is 2.33. The molecule has 1 aromatic rings. The predicted molar refractivity (Wildman–Crippen MR) is 75.1 cm³/mol. The Bertz CT molecular complexity index is 674. The summed E-state index contributed by atoms with van der Waals surface area (Å²) in [6.07, 6.45) is 0.155. The Morgan fingerprint density at radius 3 is 2.50 bits per heavy atom. The molecule has 1 rings (SSSR count). The zero-order valence-electron chi connectivity index (χ0n) is 11.5. The molecule has 0 saturated heterocycles. The molecule has 20 heavy (non-hydrogen) atoms. The first-order valence-corrected chi connectivity index (χ1v) is 7.53. The fourth-order valence-electron chi connectivity index (χ4n) is 1.76. The van der Waals surface area contributed by atoms with Crippen LogP contribution in [0.25, 0.3) is 0 Å². The van der Waals surface area contributed by atoms with E-state index in [0.29, 0.717) is 11.1 Å². The molecule has 0 spiro atoms. The maximum atomic E-state index is 12.0. The molecule has 0 radical (unpaired) electrons. The minimum Gasteiger partial charge on any atom is -0.478 e. The number of anilines is 1. The third kappa shape index (κ3) is 3.27. The van der Waals surface area contributed by atoms with Gasteiger partial charge < -0.3 is 5.11 Å². The van der Waals surface area contributed by atoms with Crippen molar-refractivity contribution in [3.05, 3.63) is 28.8 Å². The number of aromatic carboxylic acids is 1. The zero-order valence-corrected chi connectivity index (χ0v) is 12.3. The molecule has 0 fully saturated rings. The monoisotopic (exact) mass is 296 g/mol. The summed E-state index contributed by atoms with van der Waals surface area (Å²) in [5.41, 5.74) is 1.42. The number of carboxylic acids is 1. The molecule has 1 unspecified atom stereocenters. The van der Waals surface area contributed by atoms with Crippen molar-refractivity contribution in [1.29, 1.82) is 5.26 Å². The second-order valence-electron chi connectivity index (χ2n) is 4.44. The van der Waals surface area contributed by atoms with Gasteiger partial charge in [-0.05, 0) is 43.5 Å². The van der Waals surface area contributed by atoms with Crippen molar-refractivity contribution in [2.45, 2.75) is 32.4 Å². The molecule has 0 aliphatic carbocycles. The highest BCUT2D eigenvalue weighted by Gasteiger charge is 2.24. The van der Waals surface area contributed by atoms with Crippen LogP contribution in [0.15, 0.2) is 12.1 Å². The topological polar surface area (TPSA) is 107 Å². The number of rotatable bonds is 5. The summed E-state index contributed by atoms with van der Waals surface area (Å²) in [6, 6.07) is 4.51. The van der Waals surface area contributed by atoms with Crippen LogP contribution < -0.4 is 4.72 Å². The van der Waals surface area contributed by atoms with Crippen LogP contribution >= 0.6 is 0 Å². The highest BCUT2D eigenvalue weighted by atomic mass is 32.2. The number of nitrogens with one attached hydrogen (secondary N) is 1. The Morgan fingerprint density at radius 2 is 2.05 bits per heavy atom. The maximum absolute atomic E-state index is 12.0. The van der Waals surface area contributed by atoms with Gasteiger partial charge in [-0.2, -0.15) is 5.26 Å². The van der Waals surface area contributed by atoms with Gasteiger partial charge in [0.1, 0.15) is 0 Å². The van der Waals surface area contributed by atoms with E-state index in [1.54, 1.807) is 32.9 Å². The van der Waals surface area contributed by atoms with Crippen LogP contribution in [0.3, 0.4) is 0 Å². The SMILES string of the molecule is CCC(C#N)S(=O)(=O)Nc1cc(C)c(C)c(C(=O)O)c1. The summed E-state index contributed by atoms with van der Waals surface area (Å²) in [5.74, 6) is -1.13. The third-order valence-corrected chi connectivity index (χ3v) is 4.76. The van der Waals surface area contributed by atoms with E-state index in [2.05, 4.69) is 4.72 Å². The summed E-state index contributed by atoms with van der Waals surface area (Å²) < 4.78 is 26.2. The van der Waals surface area contributed by atoms with E-state index in [1.165, 1.54) is 6.07 Å². The minimum absolute atomic E-state index is 0.0349. The maximum Gasteiger partial charge on any atom is 0.336 e. The highest BCUT2D eigenvalue weighted by molar-refractivity contribution is 7.93. The molecule has 2 N–H and O–H groups in total. The van der Waals surface area contributed by atoms with Gasteiger partial charge in [-0.15, -0.1) is 0 Å². The van der Waals surface area contributed by atoms with Crippen molar-refractivity contribution >= 4 is 21.7 Å². The highest BCUT2D eigenvalue weighted by Crippen LogP contribution is 2.22. The number of carbonyl (C=O) groups is 1. The van der Waals surface area contributed by atoms with Crippen LogP contribution in [0.1, 0.15) is 34.8 Å². The Kier molecular flexibility index (Phi) is 4.73. The van der Waals surface area contributed by atoms with E-state index in [4.69, 9.17) is 10.4 Å². The van der Waals surface area contributed by atoms with Gasteiger partial charge in [0.05, 0.1) is 11.6 Å². The van der Waals surface area contributed by atoms with Crippen LogP contribution in [0.5, 0.6) is 0 Å². The van der Waals surface area contributed by atoms with Crippen molar-refractivity contribution < 1.29 is 18.3 Å². The lowest BCUT2D eigenvalue weighted by molar-refractivity contribution is 0.0696. The molecule has 0 aliphatic rings. The standard InChI is InChI=1S/C13H16N2O4S/c1-4-11(7-14)20(18,19)15-10-5-8(2)9(3)12(6-10)13(16)17/h5-6,11,15H,4H2,1-3H3,(H,16,17). The fourth-order valence-corrected chi connectivity index (χ4v) is 2.92. The van der Waals surface area contributed by atoms with E-state index < -0.39 is 21.2 Å². The Balaban J connectivity index is 3.24. The largest absolute Gasteiger partial charge is 0.478 e. The molecule has 0 aromatic heterocycles. The second kappa shape index (κ2) is 5.92. The molecule has 108 valence electrons. The number of nitriles is 1. The predicted octanol–water partition coefficient (Wildman–Crippen LogP) is 2.05. The van der Waals surface area contributed by atoms with Crippen molar-refractivity contribution in [2.24, 2.45) is 0 Å². The summed E-state index contributed by atoms with van der Waals surface area (Å²) in [6.45, 7) is 4.94. The van der Waals surface area contributed by atoms with Gasteiger partial charge in [-0.1, -0.05) is 6.92 Å². The van der Waals surface area contributed by atoms with Gasteiger partial charge in [0.25, 0.3) is 0 Å². The normalized spacial score (nSPS) is 12.5.